The summed E-state index contributed by atoms with van der Waals surface area (Å²) in [5, 5.41) is 11.2. The first-order chi connectivity index (χ1) is 6.65. The number of hydrogen-bond acceptors (Lipinski definition) is 2. The third kappa shape index (κ3) is 3.24. The van der Waals surface area contributed by atoms with Crippen molar-refractivity contribution in [2.45, 2.75) is 32.2 Å². The van der Waals surface area contributed by atoms with Crippen molar-refractivity contribution in [1.29, 1.82) is 0 Å². The van der Waals surface area contributed by atoms with Crippen LogP contribution in [0.1, 0.15) is 26.2 Å². The van der Waals surface area contributed by atoms with Gasteiger partial charge in [0.2, 0.25) is 0 Å². The molecule has 0 atom stereocenters. The topological polar surface area (TPSA) is 69.6 Å². The van der Waals surface area contributed by atoms with Crippen LogP contribution in [-0.2, 0) is 4.79 Å². The molecule has 0 saturated heterocycles. The van der Waals surface area contributed by atoms with Crippen LogP contribution in [0.2, 0.25) is 0 Å². The van der Waals surface area contributed by atoms with Gasteiger partial charge >= 0.3 is 12.0 Å². The number of aliphatic carboxylic acids is 1. The number of nitrogens with zero attached hydrogens (tertiary/aromatic N) is 1. The van der Waals surface area contributed by atoms with Crippen LogP contribution in [0.3, 0.4) is 0 Å². The van der Waals surface area contributed by atoms with Gasteiger partial charge in [0, 0.05) is 19.1 Å². The first kappa shape index (κ1) is 10.8. The highest BCUT2D eigenvalue weighted by Crippen LogP contribution is 2.26. The summed E-state index contributed by atoms with van der Waals surface area (Å²) < 4.78 is 0. The van der Waals surface area contributed by atoms with Crippen molar-refractivity contribution < 1.29 is 14.7 Å². The minimum absolute atomic E-state index is 0.0215. The molecule has 0 heterocycles. The van der Waals surface area contributed by atoms with Crippen LogP contribution in [0.4, 0.5) is 4.79 Å². The summed E-state index contributed by atoms with van der Waals surface area (Å²) in [4.78, 5) is 23.5. The van der Waals surface area contributed by atoms with Gasteiger partial charge in [0.1, 0.15) is 0 Å². The van der Waals surface area contributed by atoms with E-state index >= 15 is 0 Å². The van der Waals surface area contributed by atoms with Crippen molar-refractivity contribution in [2.75, 3.05) is 13.1 Å². The fourth-order valence-corrected chi connectivity index (χ4v) is 1.31. The van der Waals surface area contributed by atoms with Crippen LogP contribution < -0.4 is 5.32 Å². The zero-order chi connectivity index (χ0) is 10.6. The molecule has 0 bridgehead atoms. The predicted octanol–water partition coefficient (Wildman–Crippen LogP) is 0.655. The smallest absolute Gasteiger partial charge is 0.317 e. The fraction of sp³-hybridized carbons (Fsp3) is 0.778. The number of hydrogen-bond donors (Lipinski definition) is 2. The van der Waals surface area contributed by atoms with Gasteiger partial charge in [-0.15, -0.1) is 0 Å². The van der Waals surface area contributed by atoms with Gasteiger partial charge in [-0.2, -0.15) is 0 Å². The van der Waals surface area contributed by atoms with Gasteiger partial charge in [-0.25, -0.2) is 4.79 Å². The Morgan fingerprint density at radius 3 is 2.57 bits per heavy atom. The van der Waals surface area contributed by atoms with E-state index in [4.69, 9.17) is 5.11 Å². The Morgan fingerprint density at radius 2 is 2.14 bits per heavy atom. The molecule has 0 aliphatic heterocycles. The molecular formula is C9H16N2O3. The molecule has 0 radical (unpaired) electrons. The highest BCUT2D eigenvalue weighted by molar-refractivity contribution is 5.75. The number of carbonyl (C=O) groups excluding carboxylic acids is 1. The maximum Gasteiger partial charge on any atom is 0.317 e. The summed E-state index contributed by atoms with van der Waals surface area (Å²) in [6.45, 7) is 2.74. The van der Waals surface area contributed by atoms with Gasteiger partial charge in [-0.1, -0.05) is 0 Å². The third-order valence-electron chi connectivity index (χ3n) is 2.14. The van der Waals surface area contributed by atoms with Gasteiger partial charge < -0.3 is 15.3 Å². The molecule has 0 aromatic rings. The van der Waals surface area contributed by atoms with E-state index < -0.39 is 5.97 Å². The van der Waals surface area contributed by atoms with Crippen LogP contribution in [0.5, 0.6) is 0 Å². The molecule has 5 nitrogen and oxygen atoms in total. The summed E-state index contributed by atoms with van der Waals surface area (Å²) in [5.74, 6) is -0.861. The second-order valence-electron chi connectivity index (χ2n) is 3.40. The lowest BCUT2D eigenvalue weighted by atomic mass is 10.4. The van der Waals surface area contributed by atoms with E-state index in [9.17, 15) is 9.59 Å². The molecule has 1 aliphatic carbocycles. The number of amides is 2. The second kappa shape index (κ2) is 4.83. The minimum Gasteiger partial charge on any atom is -0.481 e. The van der Waals surface area contributed by atoms with E-state index in [1.165, 1.54) is 0 Å². The predicted molar refractivity (Wildman–Crippen MR) is 51.1 cm³/mol. The lowest BCUT2D eigenvalue weighted by molar-refractivity contribution is -0.137. The van der Waals surface area contributed by atoms with E-state index in [2.05, 4.69) is 5.32 Å². The summed E-state index contributed by atoms with van der Waals surface area (Å²) in [5.41, 5.74) is 0. The number of nitrogens with one attached hydrogen (secondary N) is 1. The largest absolute Gasteiger partial charge is 0.481 e. The van der Waals surface area contributed by atoms with Crippen molar-refractivity contribution in [3.63, 3.8) is 0 Å². The van der Waals surface area contributed by atoms with Crippen molar-refractivity contribution in [3.8, 4) is 0 Å². The van der Waals surface area contributed by atoms with Crippen molar-refractivity contribution in [3.05, 3.63) is 0 Å². The van der Waals surface area contributed by atoms with Gasteiger partial charge in [-0.3, -0.25) is 4.79 Å². The second-order valence-corrected chi connectivity index (χ2v) is 3.40. The van der Waals surface area contributed by atoms with Crippen LogP contribution in [0, 0.1) is 0 Å². The fourth-order valence-electron chi connectivity index (χ4n) is 1.31. The SMILES string of the molecule is CCNC(=O)N(CCC(=O)O)C1CC1. The van der Waals surface area contributed by atoms with Crippen LogP contribution in [0.15, 0.2) is 0 Å². The highest BCUT2D eigenvalue weighted by atomic mass is 16.4. The van der Waals surface area contributed by atoms with Gasteiger partial charge in [0.05, 0.1) is 6.42 Å². The third-order valence-corrected chi connectivity index (χ3v) is 2.14. The average Bonchev–Trinajstić information content (AvgIpc) is 2.88. The van der Waals surface area contributed by atoms with E-state index in [0.717, 1.165) is 12.8 Å². The first-order valence-corrected chi connectivity index (χ1v) is 4.91. The molecule has 1 rings (SSSR count). The maximum absolute atomic E-state index is 11.5. The molecule has 2 amide bonds. The molecule has 5 heteroatoms. The molecule has 0 unspecified atom stereocenters. The molecule has 0 spiro atoms. The summed E-state index contributed by atoms with van der Waals surface area (Å²) >= 11 is 0. The zero-order valence-corrected chi connectivity index (χ0v) is 8.32. The molecule has 2 N–H and O–H groups in total. The molecular weight excluding hydrogens is 184 g/mol. The molecule has 80 valence electrons. The number of carboxylic acids is 1. The Morgan fingerprint density at radius 1 is 1.50 bits per heavy atom. The van der Waals surface area contributed by atoms with E-state index in [1.54, 1.807) is 4.90 Å². The Kier molecular flexibility index (Phi) is 3.73. The first-order valence-electron chi connectivity index (χ1n) is 4.91. The maximum atomic E-state index is 11.5. The van der Waals surface area contributed by atoms with Crippen LogP contribution in [-0.4, -0.2) is 41.1 Å². The average molecular weight is 200 g/mol. The molecule has 1 fully saturated rings. The molecule has 1 aliphatic rings. The van der Waals surface area contributed by atoms with E-state index in [-0.39, 0.29) is 18.5 Å². The quantitative estimate of drug-likeness (QED) is 0.684. The summed E-state index contributed by atoms with van der Waals surface area (Å²) in [6, 6.07) is 0.122. The Bertz CT molecular complexity index is 226. The Hall–Kier alpha value is -1.26. The van der Waals surface area contributed by atoms with Crippen molar-refractivity contribution in [1.82, 2.24) is 10.2 Å². The van der Waals surface area contributed by atoms with Crippen molar-refractivity contribution >= 4 is 12.0 Å². The molecule has 1 saturated carbocycles. The molecule has 14 heavy (non-hydrogen) atoms. The van der Waals surface area contributed by atoms with Gasteiger partial charge in [0.15, 0.2) is 0 Å². The normalized spacial score (nSPS) is 14.9. The van der Waals surface area contributed by atoms with Crippen molar-refractivity contribution in [2.24, 2.45) is 0 Å². The monoisotopic (exact) mass is 200 g/mol. The lowest BCUT2D eigenvalue weighted by Crippen LogP contribution is -2.42. The minimum atomic E-state index is -0.861. The zero-order valence-electron chi connectivity index (χ0n) is 8.32. The van der Waals surface area contributed by atoms with Crippen LogP contribution >= 0.6 is 0 Å². The standard InChI is InChI=1S/C9H16N2O3/c1-2-10-9(14)11(7-3-4-7)6-5-8(12)13/h7H,2-6H2,1H3,(H,10,14)(H,12,13). The lowest BCUT2D eigenvalue weighted by Gasteiger charge is -2.21. The number of carboxylic acid groups (broad SMARTS) is 1. The molecule has 0 aromatic heterocycles. The number of urea groups is 1. The number of carbonyl (C=O) groups is 2. The van der Waals surface area contributed by atoms with Gasteiger partial charge in [-0.05, 0) is 19.8 Å². The van der Waals surface area contributed by atoms with E-state index in [0.29, 0.717) is 13.1 Å². The molecule has 0 aromatic carbocycles. The van der Waals surface area contributed by atoms with Gasteiger partial charge in [0.25, 0.3) is 0 Å². The Balaban J connectivity index is 2.38. The van der Waals surface area contributed by atoms with E-state index in [1.807, 2.05) is 6.92 Å². The summed E-state index contributed by atoms with van der Waals surface area (Å²) in [6.07, 6.45) is 2.02. The Labute approximate surface area is 83.1 Å². The number of rotatable bonds is 5. The highest BCUT2D eigenvalue weighted by Gasteiger charge is 2.32. The van der Waals surface area contributed by atoms with Crippen LogP contribution in [0.25, 0.3) is 0 Å². The summed E-state index contributed by atoms with van der Waals surface area (Å²) in [7, 11) is 0.